The van der Waals surface area contributed by atoms with Crippen LogP contribution in [-0.2, 0) is 20.9 Å². The van der Waals surface area contributed by atoms with Gasteiger partial charge in [0.25, 0.3) is 0 Å². The van der Waals surface area contributed by atoms with Crippen LogP contribution in [-0.4, -0.2) is 34.9 Å². The number of alkyl carbamates (subject to hydrolysis) is 1. The largest absolute Gasteiger partial charge is 0.479 e. The molecule has 3 unspecified atom stereocenters. The van der Waals surface area contributed by atoms with Gasteiger partial charge in [0.2, 0.25) is 0 Å². The smallest absolute Gasteiger partial charge is 0.407 e. The van der Waals surface area contributed by atoms with Gasteiger partial charge in [-0.1, -0.05) is 50.1 Å². The number of amides is 1. The van der Waals surface area contributed by atoms with Crippen LogP contribution in [0.25, 0.3) is 0 Å². The molecule has 0 radical (unpaired) electrons. The molecule has 1 rings (SSSR count). The zero-order valence-electron chi connectivity index (χ0n) is 17.2. The summed E-state index contributed by atoms with van der Waals surface area (Å²) >= 11 is 0. The maximum atomic E-state index is 12.2. The van der Waals surface area contributed by atoms with Crippen molar-refractivity contribution in [2.45, 2.75) is 78.7 Å². The molecule has 0 aliphatic rings. The number of benzene rings is 1. The van der Waals surface area contributed by atoms with E-state index < -0.39 is 29.8 Å². The normalized spacial score (nSPS) is 14.9. The van der Waals surface area contributed by atoms with Gasteiger partial charge in [-0.05, 0) is 45.6 Å². The number of rotatable bonds is 9. The molecule has 3 atom stereocenters. The van der Waals surface area contributed by atoms with Crippen LogP contribution in [0.3, 0.4) is 0 Å². The van der Waals surface area contributed by atoms with Crippen molar-refractivity contribution in [1.29, 1.82) is 0 Å². The zero-order chi connectivity index (χ0) is 20.6. The third-order valence-corrected chi connectivity index (χ3v) is 4.21. The van der Waals surface area contributed by atoms with E-state index in [1.54, 1.807) is 20.8 Å². The first-order valence-corrected chi connectivity index (χ1v) is 9.41. The molecule has 1 amide bonds. The van der Waals surface area contributed by atoms with Gasteiger partial charge in [-0.25, -0.2) is 9.59 Å². The van der Waals surface area contributed by atoms with Crippen LogP contribution in [0, 0.1) is 12.8 Å². The first kappa shape index (κ1) is 23.0. The standard InChI is InChI=1S/C21H33NO5/c1-7-14(2)12-17(22-20(25)27-21(4,5)6)18(19(23)24)26-13-16-10-8-15(3)9-11-16/h8-11,14,17-18H,7,12-13H2,1-6H3,(H,22,25)(H,23,24). The van der Waals surface area contributed by atoms with Crippen molar-refractivity contribution >= 4 is 12.1 Å². The fourth-order valence-electron chi connectivity index (χ4n) is 2.55. The Morgan fingerprint density at radius 2 is 1.78 bits per heavy atom. The Kier molecular flexibility index (Phi) is 8.76. The minimum absolute atomic E-state index is 0.157. The number of ether oxygens (including phenoxy) is 2. The van der Waals surface area contributed by atoms with E-state index in [9.17, 15) is 14.7 Å². The van der Waals surface area contributed by atoms with Gasteiger partial charge in [0, 0.05) is 0 Å². The van der Waals surface area contributed by atoms with Crippen LogP contribution in [0.1, 0.15) is 58.6 Å². The van der Waals surface area contributed by atoms with E-state index in [-0.39, 0.29) is 12.5 Å². The van der Waals surface area contributed by atoms with Crippen molar-refractivity contribution < 1.29 is 24.2 Å². The Morgan fingerprint density at radius 3 is 2.26 bits per heavy atom. The second-order valence-corrected chi connectivity index (χ2v) is 8.06. The molecule has 0 aliphatic carbocycles. The molecule has 0 saturated heterocycles. The number of hydrogen-bond acceptors (Lipinski definition) is 4. The Morgan fingerprint density at radius 1 is 1.19 bits per heavy atom. The highest BCUT2D eigenvalue weighted by atomic mass is 16.6. The molecule has 1 aromatic rings. The van der Waals surface area contributed by atoms with Gasteiger partial charge >= 0.3 is 12.1 Å². The first-order valence-electron chi connectivity index (χ1n) is 9.41. The molecular weight excluding hydrogens is 346 g/mol. The molecule has 6 heteroatoms. The lowest BCUT2D eigenvalue weighted by Gasteiger charge is -2.29. The third kappa shape index (κ3) is 8.91. The molecule has 0 spiro atoms. The monoisotopic (exact) mass is 379 g/mol. The fraction of sp³-hybridized carbons (Fsp3) is 0.619. The molecule has 27 heavy (non-hydrogen) atoms. The van der Waals surface area contributed by atoms with Crippen LogP contribution in [0.5, 0.6) is 0 Å². The van der Waals surface area contributed by atoms with Gasteiger partial charge in [0.1, 0.15) is 5.60 Å². The van der Waals surface area contributed by atoms with Gasteiger partial charge in [-0.3, -0.25) is 0 Å². The second kappa shape index (κ2) is 10.3. The second-order valence-electron chi connectivity index (χ2n) is 8.06. The summed E-state index contributed by atoms with van der Waals surface area (Å²) in [4.78, 5) is 24.0. The Bertz CT molecular complexity index is 606. The average Bonchev–Trinajstić information content (AvgIpc) is 2.54. The molecule has 152 valence electrons. The van der Waals surface area contributed by atoms with Gasteiger partial charge in [-0.2, -0.15) is 0 Å². The maximum Gasteiger partial charge on any atom is 0.407 e. The van der Waals surface area contributed by atoms with Crippen molar-refractivity contribution in [2.24, 2.45) is 5.92 Å². The number of carboxylic acid groups (broad SMARTS) is 1. The van der Waals surface area contributed by atoms with Gasteiger partial charge < -0.3 is 19.9 Å². The van der Waals surface area contributed by atoms with Crippen LogP contribution in [0.15, 0.2) is 24.3 Å². The Balaban J connectivity index is 2.89. The summed E-state index contributed by atoms with van der Waals surface area (Å²) in [7, 11) is 0. The SMILES string of the molecule is CCC(C)CC(NC(=O)OC(C)(C)C)C(OCc1ccc(C)cc1)C(=O)O. The summed E-state index contributed by atoms with van der Waals surface area (Å²) in [5, 5.41) is 12.4. The highest BCUT2D eigenvalue weighted by molar-refractivity contribution is 5.75. The number of aryl methyl sites for hydroxylation is 1. The van der Waals surface area contributed by atoms with E-state index in [2.05, 4.69) is 5.32 Å². The van der Waals surface area contributed by atoms with Crippen molar-refractivity contribution in [3.63, 3.8) is 0 Å². The molecule has 6 nitrogen and oxygen atoms in total. The molecule has 0 aromatic heterocycles. The topological polar surface area (TPSA) is 84.9 Å². The van der Waals surface area contributed by atoms with Gasteiger partial charge in [-0.15, -0.1) is 0 Å². The summed E-state index contributed by atoms with van der Waals surface area (Å²) in [6.07, 6.45) is -0.439. The van der Waals surface area contributed by atoms with Crippen molar-refractivity contribution in [3.8, 4) is 0 Å². The lowest BCUT2D eigenvalue weighted by atomic mass is 9.95. The van der Waals surface area contributed by atoms with Crippen LogP contribution in [0.4, 0.5) is 4.79 Å². The van der Waals surface area contributed by atoms with Gasteiger partial charge in [0.15, 0.2) is 6.10 Å². The molecule has 0 fully saturated rings. The quantitative estimate of drug-likeness (QED) is 0.668. The molecule has 2 N–H and O–H groups in total. The lowest BCUT2D eigenvalue weighted by molar-refractivity contribution is -0.153. The minimum Gasteiger partial charge on any atom is -0.479 e. The van der Waals surface area contributed by atoms with Crippen LogP contribution in [0.2, 0.25) is 0 Å². The first-order chi connectivity index (χ1) is 12.5. The number of nitrogens with one attached hydrogen (secondary N) is 1. The molecule has 0 bridgehead atoms. The highest BCUT2D eigenvalue weighted by Crippen LogP contribution is 2.17. The Hall–Kier alpha value is -2.08. The number of carboxylic acids is 1. The number of hydrogen-bond donors (Lipinski definition) is 2. The predicted molar refractivity (Wildman–Crippen MR) is 105 cm³/mol. The van der Waals surface area contributed by atoms with Crippen molar-refractivity contribution in [3.05, 3.63) is 35.4 Å². The number of aliphatic carboxylic acids is 1. The molecule has 1 aromatic carbocycles. The van der Waals surface area contributed by atoms with E-state index in [0.717, 1.165) is 17.5 Å². The predicted octanol–water partition coefficient (Wildman–Crippen LogP) is 4.29. The van der Waals surface area contributed by atoms with E-state index in [1.807, 2.05) is 45.0 Å². The molecule has 0 saturated carbocycles. The minimum atomic E-state index is -1.16. The lowest BCUT2D eigenvalue weighted by Crippen LogP contribution is -2.50. The number of carbonyl (C=O) groups excluding carboxylic acids is 1. The maximum absolute atomic E-state index is 12.2. The summed E-state index contributed by atoms with van der Waals surface area (Å²) in [6, 6.07) is 7.02. The average molecular weight is 379 g/mol. The summed E-state index contributed by atoms with van der Waals surface area (Å²) < 4.78 is 11.0. The third-order valence-electron chi connectivity index (χ3n) is 4.21. The van der Waals surface area contributed by atoms with E-state index in [0.29, 0.717) is 6.42 Å². The van der Waals surface area contributed by atoms with Gasteiger partial charge in [0.05, 0.1) is 12.6 Å². The highest BCUT2D eigenvalue weighted by Gasteiger charge is 2.32. The molecule has 0 aliphatic heterocycles. The Labute approximate surface area is 162 Å². The van der Waals surface area contributed by atoms with E-state index in [4.69, 9.17) is 9.47 Å². The van der Waals surface area contributed by atoms with Crippen LogP contribution >= 0.6 is 0 Å². The fourth-order valence-corrected chi connectivity index (χ4v) is 2.55. The van der Waals surface area contributed by atoms with Crippen LogP contribution < -0.4 is 5.32 Å². The summed E-state index contributed by atoms with van der Waals surface area (Å²) in [5.41, 5.74) is 1.34. The van der Waals surface area contributed by atoms with Crippen molar-refractivity contribution in [2.75, 3.05) is 0 Å². The van der Waals surface area contributed by atoms with E-state index >= 15 is 0 Å². The van der Waals surface area contributed by atoms with E-state index in [1.165, 1.54) is 0 Å². The number of carbonyl (C=O) groups is 2. The van der Waals surface area contributed by atoms with Crippen molar-refractivity contribution in [1.82, 2.24) is 5.32 Å². The zero-order valence-corrected chi connectivity index (χ0v) is 17.2. The summed E-state index contributed by atoms with van der Waals surface area (Å²) in [5.74, 6) is -0.874. The molecular formula is C21H33NO5. The molecule has 0 heterocycles. The summed E-state index contributed by atoms with van der Waals surface area (Å²) in [6.45, 7) is 11.5.